The van der Waals surface area contributed by atoms with Gasteiger partial charge in [-0.1, -0.05) is 30.3 Å². The second-order valence-electron chi connectivity index (χ2n) is 7.28. The van der Waals surface area contributed by atoms with Gasteiger partial charge in [0.15, 0.2) is 5.78 Å². The van der Waals surface area contributed by atoms with Gasteiger partial charge in [-0.3, -0.25) is 14.3 Å². The molecule has 4 rings (SSSR count). The third kappa shape index (κ3) is 4.68. The Morgan fingerprint density at radius 1 is 0.688 bits per heavy atom. The first-order valence-electron chi connectivity index (χ1n) is 9.86. The van der Waals surface area contributed by atoms with E-state index in [0.29, 0.717) is 22.5 Å². The lowest BCUT2D eigenvalue weighted by molar-refractivity contribution is 0.101. The van der Waals surface area contributed by atoms with E-state index in [1.165, 1.54) is 31.2 Å². The van der Waals surface area contributed by atoms with Crippen LogP contribution in [0.25, 0.3) is 10.8 Å². The molecular weight excluding hydrogens is 424 g/mol. The molecule has 0 heterocycles. The van der Waals surface area contributed by atoms with Crippen molar-refractivity contribution in [2.24, 2.45) is 0 Å². The summed E-state index contributed by atoms with van der Waals surface area (Å²) in [6.07, 6.45) is 0. The van der Waals surface area contributed by atoms with E-state index in [1.807, 2.05) is 24.3 Å². The molecule has 0 fully saturated rings. The Morgan fingerprint density at radius 2 is 1.28 bits per heavy atom. The number of sulfonamides is 1. The van der Waals surface area contributed by atoms with Crippen molar-refractivity contribution < 1.29 is 18.0 Å². The Morgan fingerprint density at radius 3 is 1.94 bits per heavy atom. The number of benzene rings is 4. The van der Waals surface area contributed by atoms with Gasteiger partial charge >= 0.3 is 0 Å². The topological polar surface area (TPSA) is 92.3 Å². The van der Waals surface area contributed by atoms with Crippen LogP contribution in [0.4, 0.5) is 11.4 Å². The van der Waals surface area contributed by atoms with Gasteiger partial charge in [0.2, 0.25) is 0 Å². The van der Waals surface area contributed by atoms with E-state index in [9.17, 15) is 18.0 Å². The third-order valence-corrected chi connectivity index (χ3v) is 6.36. The van der Waals surface area contributed by atoms with E-state index in [1.54, 1.807) is 42.5 Å². The van der Waals surface area contributed by atoms with Crippen molar-refractivity contribution in [3.63, 3.8) is 0 Å². The van der Waals surface area contributed by atoms with Gasteiger partial charge in [0.25, 0.3) is 15.9 Å². The first-order valence-corrected chi connectivity index (χ1v) is 11.3. The molecule has 4 aromatic carbocycles. The molecule has 160 valence electrons. The molecule has 0 aliphatic carbocycles. The Labute approximate surface area is 186 Å². The van der Waals surface area contributed by atoms with Crippen molar-refractivity contribution in [2.75, 3.05) is 10.0 Å². The number of anilines is 2. The van der Waals surface area contributed by atoms with E-state index in [-0.39, 0.29) is 16.6 Å². The van der Waals surface area contributed by atoms with E-state index >= 15 is 0 Å². The van der Waals surface area contributed by atoms with Gasteiger partial charge in [-0.25, -0.2) is 8.42 Å². The van der Waals surface area contributed by atoms with E-state index < -0.39 is 10.0 Å². The highest BCUT2D eigenvalue weighted by molar-refractivity contribution is 7.92. The highest BCUT2D eigenvalue weighted by Gasteiger charge is 2.15. The van der Waals surface area contributed by atoms with E-state index in [4.69, 9.17) is 0 Å². The maximum Gasteiger partial charge on any atom is 0.261 e. The molecule has 0 unspecified atom stereocenters. The Kier molecular flexibility index (Phi) is 5.75. The summed E-state index contributed by atoms with van der Waals surface area (Å²) in [6.45, 7) is 1.48. The first-order chi connectivity index (χ1) is 15.3. The molecule has 6 nitrogen and oxygen atoms in total. The number of Topliss-reactive ketones (excluding diaryl/α,β-unsaturated/α-hetero) is 1. The van der Waals surface area contributed by atoms with Crippen LogP contribution in [-0.2, 0) is 10.0 Å². The van der Waals surface area contributed by atoms with Crippen LogP contribution in [0.15, 0.2) is 95.9 Å². The molecule has 0 atom stereocenters. The highest BCUT2D eigenvalue weighted by Crippen LogP contribution is 2.22. The summed E-state index contributed by atoms with van der Waals surface area (Å²) in [5.74, 6) is -0.394. The second kappa shape index (κ2) is 8.64. The van der Waals surface area contributed by atoms with Crippen LogP contribution in [0.1, 0.15) is 27.6 Å². The summed E-state index contributed by atoms with van der Waals surface area (Å²) in [5, 5.41) is 4.53. The molecule has 0 saturated heterocycles. The number of amides is 1. The fourth-order valence-corrected chi connectivity index (χ4v) is 4.32. The van der Waals surface area contributed by atoms with Crippen molar-refractivity contribution in [1.82, 2.24) is 0 Å². The molecule has 0 saturated carbocycles. The summed E-state index contributed by atoms with van der Waals surface area (Å²) in [7, 11) is -3.78. The van der Waals surface area contributed by atoms with Crippen LogP contribution >= 0.6 is 0 Å². The number of hydrogen-bond donors (Lipinski definition) is 2. The number of carbonyl (C=O) groups is 2. The standard InChI is InChI=1S/C25H20N2O4S/c1-17(28)18-6-11-22(12-7-18)26-25(29)20-8-13-23(14-9-20)27-32(30,31)24-15-10-19-4-2-3-5-21(19)16-24/h2-16,27H,1H3,(H,26,29). The second-order valence-corrected chi connectivity index (χ2v) is 8.96. The van der Waals surface area contributed by atoms with Crippen LogP contribution in [0.5, 0.6) is 0 Å². The molecule has 0 radical (unpaired) electrons. The normalized spacial score (nSPS) is 11.2. The Balaban J connectivity index is 1.46. The first kappa shape index (κ1) is 21.3. The molecule has 0 spiro atoms. The number of hydrogen-bond acceptors (Lipinski definition) is 4. The number of fused-ring (bicyclic) bond motifs is 1. The number of carbonyl (C=O) groups excluding carboxylic acids is 2. The number of nitrogens with one attached hydrogen (secondary N) is 2. The molecule has 7 heteroatoms. The van der Waals surface area contributed by atoms with Crippen molar-refractivity contribution >= 4 is 43.9 Å². The van der Waals surface area contributed by atoms with Gasteiger partial charge in [-0.05, 0) is 78.4 Å². The number of rotatable bonds is 6. The average Bonchev–Trinajstić information content (AvgIpc) is 2.79. The summed E-state index contributed by atoms with van der Waals surface area (Å²) in [6, 6.07) is 25.2. The monoisotopic (exact) mass is 444 g/mol. The average molecular weight is 445 g/mol. The highest BCUT2D eigenvalue weighted by atomic mass is 32.2. The zero-order chi connectivity index (χ0) is 22.7. The lowest BCUT2D eigenvalue weighted by Gasteiger charge is -2.10. The van der Waals surface area contributed by atoms with Crippen molar-refractivity contribution in [3.8, 4) is 0 Å². The molecule has 1 amide bonds. The number of ketones is 1. The molecule has 0 aromatic heterocycles. The fraction of sp³-hybridized carbons (Fsp3) is 0.0400. The van der Waals surface area contributed by atoms with Crippen LogP contribution in [0.2, 0.25) is 0 Å². The molecule has 32 heavy (non-hydrogen) atoms. The quantitative estimate of drug-likeness (QED) is 0.405. The van der Waals surface area contributed by atoms with E-state index in [0.717, 1.165) is 10.8 Å². The van der Waals surface area contributed by atoms with Gasteiger partial charge in [0.05, 0.1) is 4.90 Å². The van der Waals surface area contributed by atoms with Crippen molar-refractivity contribution in [3.05, 3.63) is 102 Å². The SMILES string of the molecule is CC(=O)c1ccc(NC(=O)c2ccc(NS(=O)(=O)c3ccc4ccccc4c3)cc2)cc1. The predicted octanol–water partition coefficient (Wildman–Crippen LogP) is 5.10. The van der Waals surface area contributed by atoms with Gasteiger partial charge in [-0.15, -0.1) is 0 Å². The van der Waals surface area contributed by atoms with Gasteiger partial charge in [0, 0.05) is 22.5 Å². The summed E-state index contributed by atoms with van der Waals surface area (Å²) in [4.78, 5) is 24.0. The van der Waals surface area contributed by atoms with Crippen LogP contribution in [-0.4, -0.2) is 20.1 Å². The zero-order valence-electron chi connectivity index (χ0n) is 17.2. The van der Waals surface area contributed by atoms with Gasteiger partial charge in [-0.2, -0.15) is 0 Å². The molecular formula is C25H20N2O4S. The summed E-state index contributed by atoms with van der Waals surface area (Å²) >= 11 is 0. The van der Waals surface area contributed by atoms with Crippen molar-refractivity contribution in [2.45, 2.75) is 11.8 Å². The van der Waals surface area contributed by atoms with Gasteiger partial charge in [0.1, 0.15) is 0 Å². The molecule has 0 aliphatic rings. The van der Waals surface area contributed by atoms with Crippen LogP contribution in [0.3, 0.4) is 0 Å². The van der Waals surface area contributed by atoms with Gasteiger partial charge < -0.3 is 5.32 Å². The smallest absolute Gasteiger partial charge is 0.261 e. The third-order valence-electron chi connectivity index (χ3n) is 4.98. The molecule has 4 aromatic rings. The Bertz CT molecular complexity index is 1410. The lowest BCUT2D eigenvalue weighted by atomic mass is 10.1. The summed E-state index contributed by atoms with van der Waals surface area (Å²) in [5.41, 5.74) is 1.84. The predicted molar refractivity (Wildman–Crippen MR) is 126 cm³/mol. The molecule has 0 bridgehead atoms. The van der Waals surface area contributed by atoms with Crippen LogP contribution in [0, 0.1) is 0 Å². The zero-order valence-corrected chi connectivity index (χ0v) is 18.0. The minimum atomic E-state index is -3.78. The van der Waals surface area contributed by atoms with E-state index in [2.05, 4.69) is 10.0 Å². The molecule has 0 aliphatic heterocycles. The Hall–Kier alpha value is -3.97. The fourth-order valence-electron chi connectivity index (χ4n) is 3.23. The largest absolute Gasteiger partial charge is 0.322 e. The maximum atomic E-state index is 12.8. The minimum Gasteiger partial charge on any atom is -0.322 e. The maximum absolute atomic E-state index is 12.8. The van der Waals surface area contributed by atoms with Crippen LogP contribution < -0.4 is 10.0 Å². The lowest BCUT2D eigenvalue weighted by Crippen LogP contribution is -2.14. The minimum absolute atomic E-state index is 0.0513. The molecule has 2 N–H and O–H groups in total. The van der Waals surface area contributed by atoms with Crippen molar-refractivity contribution in [1.29, 1.82) is 0 Å². The summed E-state index contributed by atoms with van der Waals surface area (Å²) < 4.78 is 28.1.